The fourth-order valence-corrected chi connectivity index (χ4v) is 2.96. The molecule has 0 radical (unpaired) electrons. The van der Waals surface area contributed by atoms with Gasteiger partial charge in [0.25, 0.3) is 0 Å². The van der Waals surface area contributed by atoms with Crippen molar-refractivity contribution in [1.29, 1.82) is 0 Å². The summed E-state index contributed by atoms with van der Waals surface area (Å²) in [6.07, 6.45) is 4.69. The zero-order valence-electron chi connectivity index (χ0n) is 11.9. The van der Waals surface area contributed by atoms with Crippen molar-refractivity contribution in [3.63, 3.8) is 0 Å². The summed E-state index contributed by atoms with van der Waals surface area (Å²) in [4.78, 5) is 0. The molecule has 1 aromatic carbocycles. The van der Waals surface area contributed by atoms with Crippen molar-refractivity contribution in [1.82, 2.24) is 5.32 Å². The topological polar surface area (TPSA) is 30.5 Å². The average Bonchev–Trinajstić information content (AvgIpc) is 2.84. The van der Waals surface area contributed by atoms with E-state index in [0.29, 0.717) is 6.04 Å². The SMILES string of the molecule is COC1(CNC(C)c2ccc3c(c2)CCO3)CCC1. The van der Waals surface area contributed by atoms with Gasteiger partial charge in [-0.15, -0.1) is 0 Å². The minimum absolute atomic E-state index is 0.0914. The maximum atomic E-state index is 5.65. The van der Waals surface area contributed by atoms with E-state index >= 15 is 0 Å². The summed E-state index contributed by atoms with van der Waals surface area (Å²) < 4.78 is 11.2. The van der Waals surface area contributed by atoms with E-state index in [9.17, 15) is 0 Å². The van der Waals surface area contributed by atoms with Gasteiger partial charge in [0.05, 0.1) is 12.2 Å². The second kappa shape index (κ2) is 5.14. The first-order valence-electron chi connectivity index (χ1n) is 7.27. The first-order chi connectivity index (χ1) is 9.22. The summed E-state index contributed by atoms with van der Waals surface area (Å²) in [6.45, 7) is 3.99. The molecule has 0 spiro atoms. The predicted molar refractivity (Wildman–Crippen MR) is 75.6 cm³/mol. The molecule has 0 bridgehead atoms. The molecule has 3 rings (SSSR count). The van der Waals surface area contributed by atoms with Crippen molar-refractivity contribution >= 4 is 0 Å². The third kappa shape index (κ3) is 2.49. The largest absolute Gasteiger partial charge is 0.493 e. The highest BCUT2D eigenvalue weighted by molar-refractivity contribution is 5.40. The van der Waals surface area contributed by atoms with Crippen LogP contribution in [0.4, 0.5) is 0 Å². The molecule has 19 heavy (non-hydrogen) atoms. The van der Waals surface area contributed by atoms with Crippen molar-refractivity contribution in [2.45, 2.75) is 44.2 Å². The molecule has 0 saturated heterocycles. The molecule has 1 heterocycles. The summed E-state index contributed by atoms with van der Waals surface area (Å²) in [6, 6.07) is 6.91. The van der Waals surface area contributed by atoms with Crippen LogP contribution in [0, 0.1) is 0 Å². The van der Waals surface area contributed by atoms with E-state index in [2.05, 4.69) is 30.4 Å². The Morgan fingerprint density at radius 2 is 2.26 bits per heavy atom. The third-order valence-corrected chi connectivity index (χ3v) is 4.64. The average molecular weight is 261 g/mol. The molecule has 3 nitrogen and oxygen atoms in total. The molecule has 1 fully saturated rings. The van der Waals surface area contributed by atoms with Crippen molar-refractivity contribution in [2.24, 2.45) is 0 Å². The van der Waals surface area contributed by atoms with Gasteiger partial charge in [-0.3, -0.25) is 0 Å². The molecule has 1 N–H and O–H groups in total. The highest BCUT2D eigenvalue weighted by Crippen LogP contribution is 2.35. The lowest BCUT2D eigenvalue weighted by molar-refractivity contribution is -0.0706. The first kappa shape index (κ1) is 12.9. The van der Waals surface area contributed by atoms with E-state index in [4.69, 9.17) is 9.47 Å². The number of rotatable bonds is 5. The summed E-state index contributed by atoms with van der Waals surface area (Å²) in [5.41, 5.74) is 2.78. The predicted octanol–water partition coefficient (Wildman–Crippen LogP) is 2.84. The molecule has 1 aromatic rings. The molecular weight excluding hydrogens is 238 g/mol. The van der Waals surface area contributed by atoms with Crippen LogP contribution < -0.4 is 10.1 Å². The number of hydrogen-bond donors (Lipinski definition) is 1. The van der Waals surface area contributed by atoms with E-state index in [-0.39, 0.29) is 5.60 Å². The second-order valence-corrected chi connectivity index (χ2v) is 5.81. The van der Waals surface area contributed by atoms with Gasteiger partial charge in [0.1, 0.15) is 5.75 Å². The zero-order valence-corrected chi connectivity index (χ0v) is 11.9. The van der Waals surface area contributed by atoms with Gasteiger partial charge >= 0.3 is 0 Å². The molecule has 0 aromatic heterocycles. The molecule has 0 amide bonds. The third-order valence-electron chi connectivity index (χ3n) is 4.64. The van der Waals surface area contributed by atoms with Crippen LogP contribution in [-0.2, 0) is 11.2 Å². The summed E-state index contributed by atoms with van der Waals surface area (Å²) >= 11 is 0. The van der Waals surface area contributed by atoms with Crippen LogP contribution in [0.2, 0.25) is 0 Å². The van der Waals surface area contributed by atoms with E-state index in [0.717, 1.165) is 25.3 Å². The highest BCUT2D eigenvalue weighted by Gasteiger charge is 2.36. The van der Waals surface area contributed by atoms with Gasteiger partial charge in [-0.25, -0.2) is 0 Å². The van der Waals surface area contributed by atoms with Crippen LogP contribution in [0.3, 0.4) is 0 Å². The van der Waals surface area contributed by atoms with Crippen LogP contribution in [0.15, 0.2) is 18.2 Å². The number of ether oxygens (including phenoxy) is 2. The van der Waals surface area contributed by atoms with E-state index in [1.165, 1.54) is 30.4 Å². The van der Waals surface area contributed by atoms with Gasteiger partial charge in [0.15, 0.2) is 0 Å². The maximum absolute atomic E-state index is 5.65. The molecule has 2 aliphatic rings. The number of nitrogens with one attached hydrogen (secondary N) is 1. The smallest absolute Gasteiger partial charge is 0.122 e. The Labute approximate surface area is 115 Å². The zero-order chi connectivity index (χ0) is 13.3. The van der Waals surface area contributed by atoms with Gasteiger partial charge in [-0.05, 0) is 43.4 Å². The number of fused-ring (bicyclic) bond motifs is 1. The van der Waals surface area contributed by atoms with Crippen LogP contribution >= 0.6 is 0 Å². The molecule has 1 aliphatic carbocycles. The standard InChI is InChI=1S/C16H23NO2/c1-12(17-11-16(18-2)7-3-8-16)13-4-5-15-14(10-13)6-9-19-15/h4-5,10,12,17H,3,6-9,11H2,1-2H3. The molecular formula is C16H23NO2. The Morgan fingerprint density at radius 3 is 2.95 bits per heavy atom. The minimum atomic E-state index is 0.0914. The monoisotopic (exact) mass is 261 g/mol. The van der Waals surface area contributed by atoms with E-state index in [1.54, 1.807) is 0 Å². The van der Waals surface area contributed by atoms with Crippen molar-refractivity contribution in [2.75, 3.05) is 20.3 Å². The minimum Gasteiger partial charge on any atom is -0.493 e. The lowest BCUT2D eigenvalue weighted by Crippen LogP contribution is -2.48. The van der Waals surface area contributed by atoms with Crippen LogP contribution in [0.5, 0.6) is 5.75 Å². The Balaban J connectivity index is 1.62. The molecule has 1 atom stereocenters. The van der Waals surface area contributed by atoms with Gasteiger partial charge in [0.2, 0.25) is 0 Å². The van der Waals surface area contributed by atoms with Gasteiger partial charge in [0, 0.05) is 26.1 Å². The molecule has 3 heteroatoms. The van der Waals surface area contributed by atoms with E-state index in [1.807, 2.05) is 7.11 Å². The normalized spacial score (nSPS) is 21.4. The Morgan fingerprint density at radius 1 is 1.42 bits per heavy atom. The van der Waals surface area contributed by atoms with Gasteiger partial charge in [-0.2, -0.15) is 0 Å². The fourth-order valence-electron chi connectivity index (χ4n) is 2.96. The summed E-state index contributed by atoms with van der Waals surface area (Å²) in [5, 5.41) is 3.62. The Kier molecular flexibility index (Phi) is 3.50. The Bertz CT molecular complexity index is 449. The molecule has 1 unspecified atom stereocenters. The lowest BCUT2D eigenvalue weighted by Gasteiger charge is -2.41. The van der Waals surface area contributed by atoms with Crippen LogP contribution in [-0.4, -0.2) is 25.9 Å². The molecule has 1 saturated carbocycles. The van der Waals surface area contributed by atoms with Gasteiger partial charge in [-0.1, -0.05) is 12.1 Å². The maximum Gasteiger partial charge on any atom is 0.122 e. The number of benzene rings is 1. The molecule has 104 valence electrons. The Hall–Kier alpha value is -1.06. The second-order valence-electron chi connectivity index (χ2n) is 5.81. The van der Waals surface area contributed by atoms with Gasteiger partial charge < -0.3 is 14.8 Å². The fraction of sp³-hybridized carbons (Fsp3) is 0.625. The number of methoxy groups -OCH3 is 1. The number of hydrogen-bond acceptors (Lipinski definition) is 3. The van der Waals surface area contributed by atoms with Crippen molar-refractivity contribution < 1.29 is 9.47 Å². The first-order valence-corrected chi connectivity index (χ1v) is 7.27. The highest BCUT2D eigenvalue weighted by atomic mass is 16.5. The summed E-state index contributed by atoms with van der Waals surface area (Å²) in [5.74, 6) is 1.06. The lowest BCUT2D eigenvalue weighted by atomic mass is 9.79. The van der Waals surface area contributed by atoms with Crippen molar-refractivity contribution in [3.05, 3.63) is 29.3 Å². The van der Waals surface area contributed by atoms with Crippen LogP contribution in [0.1, 0.15) is 43.4 Å². The van der Waals surface area contributed by atoms with Crippen LogP contribution in [0.25, 0.3) is 0 Å². The molecule has 1 aliphatic heterocycles. The summed E-state index contributed by atoms with van der Waals surface area (Å²) in [7, 11) is 1.83. The van der Waals surface area contributed by atoms with Crippen molar-refractivity contribution in [3.8, 4) is 5.75 Å². The van der Waals surface area contributed by atoms with E-state index < -0.39 is 0 Å². The quantitative estimate of drug-likeness (QED) is 0.884.